The van der Waals surface area contributed by atoms with Crippen LogP contribution in [0.25, 0.3) is 11.1 Å². The third-order valence-corrected chi connectivity index (χ3v) is 5.91. The molecule has 5 nitrogen and oxygen atoms in total. The number of anilines is 2. The molecule has 0 aliphatic carbocycles. The van der Waals surface area contributed by atoms with Gasteiger partial charge in [0.05, 0.1) is 5.92 Å². The molecule has 1 saturated heterocycles. The first-order chi connectivity index (χ1) is 15.6. The summed E-state index contributed by atoms with van der Waals surface area (Å²) in [5, 5.41) is 3.06. The summed E-state index contributed by atoms with van der Waals surface area (Å²) in [5.74, 6) is 0.234. The van der Waals surface area contributed by atoms with E-state index in [-0.39, 0.29) is 17.6 Å². The predicted molar refractivity (Wildman–Crippen MR) is 126 cm³/mol. The topological polar surface area (TPSA) is 58.1 Å². The summed E-state index contributed by atoms with van der Waals surface area (Å²) in [4.78, 5) is 23.9. The largest absolute Gasteiger partial charge is 0.340 e. The Hall–Kier alpha value is -3.28. The van der Waals surface area contributed by atoms with Gasteiger partial charge in [-0.05, 0) is 61.1 Å². The highest BCUT2D eigenvalue weighted by atomic mass is 19.1. The minimum atomic E-state index is -0.285. The Balaban J connectivity index is 1.37. The zero-order chi connectivity index (χ0) is 22.3. The van der Waals surface area contributed by atoms with Crippen LogP contribution in [0.5, 0.6) is 0 Å². The molecule has 2 aromatic carbocycles. The van der Waals surface area contributed by atoms with Gasteiger partial charge in [-0.15, -0.1) is 0 Å². The van der Waals surface area contributed by atoms with Crippen molar-refractivity contribution in [2.24, 2.45) is 5.92 Å². The average Bonchev–Trinajstić information content (AvgIpc) is 2.84. The van der Waals surface area contributed by atoms with E-state index in [1.807, 2.05) is 18.2 Å². The van der Waals surface area contributed by atoms with Crippen LogP contribution in [0.2, 0.25) is 0 Å². The Morgan fingerprint density at radius 1 is 1.12 bits per heavy atom. The average molecular weight is 433 g/mol. The molecule has 1 fully saturated rings. The molecular weight excluding hydrogens is 403 g/mol. The number of rotatable bonds is 7. The number of nitrogens with one attached hydrogen (secondary N) is 1. The number of piperidine rings is 1. The van der Waals surface area contributed by atoms with Gasteiger partial charge in [-0.3, -0.25) is 4.79 Å². The number of carbonyl (C=O) groups excluding carboxylic acids is 1. The van der Waals surface area contributed by atoms with E-state index in [1.54, 1.807) is 18.5 Å². The molecule has 166 valence electrons. The number of nitrogens with zero attached hydrogens (tertiary/aromatic N) is 3. The van der Waals surface area contributed by atoms with Gasteiger partial charge in [0.25, 0.3) is 0 Å². The molecule has 1 aliphatic heterocycles. The van der Waals surface area contributed by atoms with E-state index >= 15 is 0 Å². The fourth-order valence-electron chi connectivity index (χ4n) is 4.05. The number of aromatic nitrogens is 2. The molecule has 1 aliphatic rings. The minimum absolute atomic E-state index is 0.0346. The van der Waals surface area contributed by atoms with Crippen molar-refractivity contribution in [2.45, 2.75) is 39.0 Å². The smallest absolute Gasteiger partial charge is 0.229 e. The van der Waals surface area contributed by atoms with Gasteiger partial charge in [-0.2, -0.15) is 0 Å². The highest BCUT2D eigenvalue weighted by Gasteiger charge is 2.27. The number of unbranched alkanes of at least 4 members (excludes halogenated alkanes) is 1. The van der Waals surface area contributed by atoms with E-state index in [9.17, 15) is 9.18 Å². The van der Waals surface area contributed by atoms with Crippen LogP contribution in [-0.4, -0.2) is 29.0 Å². The van der Waals surface area contributed by atoms with Crippen LogP contribution in [0.15, 0.2) is 60.9 Å². The van der Waals surface area contributed by atoms with E-state index in [4.69, 9.17) is 0 Å². The molecule has 0 saturated carbocycles. The molecule has 4 rings (SSSR count). The normalized spacial score (nSPS) is 16.1. The number of aryl methyl sites for hydroxylation is 1. The lowest BCUT2D eigenvalue weighted by molar-refractivity contribution is -0.120. The van der Waals surface area contributed by atoms with E-state index in [1.165, 1.54) is 30.5 Å². The van der Waals surface area contributed by atoms with E-state index < -0.39 is 0 Å². The quantitative estimate of drug-likeness (QED) is 0.537. The number of carbonyl (C=O) groups is 1. The van der Waals surface area contributed by atoms with Crippen LogP contribution in [-0.2, 0) is 11.2 Å². The van der Waals surface area contributed by atoms with Crippen LogP contribution in [0.4, 0.5) is 16.0 Å². The van der Waals surface area contributed by atoms with Crippen LogP contribution < -0.4 is 10.2 Å². The molecule has 6 heteroatoms. The lowest BCUT2D eigenvalue weighted by Gasteiger charge is -2.32. The van der Waals surface area contributed by atoms with Gasteiger partial charge < -0.3 is 10.2 Å². The van der Waals surface area contributed by atoms with Crippen molar-refractivity contribution in [3.05, 3.63) is 72.3 Å². The van der Waals surface area contributed by atoms with Crippen LogP contribution in [0, 0.1) is 11.7 Å². The van der Waals surface area contributed by atoms with Crippen molar-refractivity contribution in [3.8, 4) is 11.1 Å². The molecule has 1 atom stereocenters. The summed E-state index contributed by atoms with van der Waals surface area (Å²) in [5.41, 5.74) is 3.64. The maximum absolute atomic E-state index is 13.5. The number of hydrogen-bond acceptors (Lipinski definition) is 4. The van der Waals surface area contributed by atoms with E-state index in [0.29, 0.717) is 12.5 Å². The molecule has 0 radical (unpaired) electrons. The van der Waals surface area contributed by atoms with Gasteiger partial charge >= 0.3 is 0 Å². The van der Waals surface area contributed by atoms with Crippen molar-refractivity contribution in [1.29, 1.82) is 0 Å². The van der Waals surface area contributed by atoms with Crippen molar-refractivity contribution in [2.75, 3.05) is 23.3 Å². The number of hydrogen-bond donors (Lipinski definition) is 1. The Labute approximate surface area is 188 Å². The first-order valence-electron chi connectivity index (χ1n) is 11.3. The number of halogens is 1. The van der Waals surface area contributed by atoms with E-state index in [0.717, 1.165) is 42.6 Å². The highest BCUT2D eigenvalue weighted by molar-refractivity contribution is 5.93. The summed E-state index contributed by atoms with van der Waals surface area (Å²) < 4.78 is 13.5. The maximum Gasteiger partial charge on any atom is 0.229 e. The molecule has 0 bridgehead atoms. The molecule has 2 heterocycles. The molecule has 3 aromatic rings. The van der Waals surface area contributed by atoms with Crippen molar-refractivity contribution in [1.82, 2.24) is 9.97 Å². The van der Waals surface area contributed by atoms with Gasteiger partial charge in [-0.1, -0.05) is 37.6 Å². The Morgan fingerprint density at radius 3 is 2.62 bits per heavy atom. The third-order valence-electron chi connectivity index (χ3n) is 5.91. The van der Waals surface area contributed by atoms with Crippen LogP contribution in [0.3, 0.4) is 0 Å². The van der Waals surface area contributed by atoms with E-state index in [2.05, 4.69) is 39.2 Å². The van der Waals surface area contributed by atoms with Gasteiger partial charge in [0, 0.05) is 36.7 Å². The number of amides is 1. The van der Waals surface area contributed by atoms with Gasteiger partial charge in [-0.25, -0.2) is 14.4 Å². The predicted octanol–water partition coefficient (Wildman–Crippen LogP) is 5.48. The summed E-state index contributed by atoms with van der Waals surface area (Å²) in [6, 6.07) is 14.5. The Bertz CT molecular complexity index is 1040. The summed E-state index contributed by atoms with van der Waals surface area (Å²) in [7, 11) is 0. The second-order valence-electron chi connectivity index (χ2n) is 8.36. The summed E-state index contributed by atoms with van der Waals surface area (Å²) in [6.45, 7) is 3.58. The molecule has 0 unspecified atom stereocenters. The first kappa shape index (κ1) is 21.9. The van der Waals surface area contributed by atoms with Crippen molar-refractivity contribution >= 4 is 17.5 Å². The third kappa shape index (κ3) is 5.49. The lowest BCUT2D eigenvalue weighted by Crippen LogP contribution is -2.41. The molecule has 1 aromatic heterocycles. The summed E-state index contributed by atoms with van der Waals surface area (Å²) >= 11 is 0. The molecule has 1 amide bonds. The van der Waals surface area contributed by atoms with Crippen LogP contribution in [0.1, 0.15) is 38.2 Å². The fraction of sp³-hybridized carbons (Fsp3) is 0.346. The molecular formula is C26H29FN4O. The zero-order valence-corrected chi connectivity index (χ0v) is 18.4. The Morgan fingerprint density at radius 2 is 1.91 bits per heavy atom. The van der Waals surface area contributed by atoms with Crippen molar-refractivity contribution in [3.63, 3.8) is 0 Å². The summed E-state index contributed by atoms with van der Waals surface area (Å²) in [6.07, 6.45) is 8.59. The molecule has 1 N–H and O–H groups in total. The first-order valence-corrected chi connectivity index (χ1v) is 11.3. The minimum Gasteiger partial charge on any atom is -0.340 e. The standard InChI is InChI=1S/C26H29FN4O/c1-2-3-6-19-10-12-24(13-11-19)30-25(32)21-8-5-14-31(18-21)26-28-16-22(17-29-26)20-7-4-9-23(27)15-20/h4,7,9-13,15-17,21H,2-3,5-6,8,14,18H2,1H3,(H,30,32)/t21-/m0/s1. The monoisotopic (exact) mass is 432 g/mol. The molecule has 0 spiro atoms. The lowest BCUT2D eigenvalue weighted by atomic mass is 9.97. The van der Waals surface area contributed by atoms with Gasteiger partial charge in [0.1, 0.15) is 5.82 Å². The van der Waals surface area contributed by atoms with Crippen molar-refractivity contribution < 1.29 is 9.18 Å². The second-order valence-corrected chi connectivity index (χ2v) is 8.36. The number of benzene rings is 2. The van der Waals surface area contributed by atoms with Gasteiger partial charge in [0.2, 0.25) is 11.9 Å². The fourth-order valence-corrected chi connectivity index (χ4v) is 4.05. The maximum atomic E-state index is 13.5. The van der Waals surface area contributed by atoms with Gasteiger partial charge in [0.15, 0.2) is 0 Å². The van der Waals surface area contributed by atoms with Crippen LogP contribution >= 0.6 is 0 Å². The SMILES string of the molecule is CCCCc1ccc(NC(=O)[C@H]2CCCN(c3ncc(-c4cccc(F)c4)cn3)C2)cc1. The highest BCUT2D eigenvalue weighted by Crippen LogP contribution is 2.24. The Kier molecular flexibility index (Phi) is 7.10. The zero-order valence-electron chi connectivity index (χ0n) is 18.4. The molecule has 32 heavy (non-hydrogen) atoms. The second kappa shape index (κ2) is 10.4.